The average molecular weight is 256 g/mol. The number of aromatic nitrogens is 3. The van der Waals surface area contributed by atoms with Crippen LogP contribution in [0.25, 0.3) is 11.0 Å². The Kier molecular flexibility index (Phi) is 3.05. The molecule has 0 bridgehead atoms. The van der Waals surface area contributed by atoms with Crippen LogP contribution in [0.2, 0.25) is 0 Å². The van der Waals surface area contributed by atoms with Crippen LogP contribution in [-0.4, -0.2) is 27.1 Å². The summed E-state index contributed by atoms with van der Waals surface area (Å²) in [7, 11) is 2.04. The Hall–Kier alpha value is -2.14. The number of aryl methyl sites for hydroxylation is 1. The molecule has 5 heteroatoms. The Labute approximate surface area is 111 Å². The van der Waals surface area contributed by atoms with Gasteiger partial charge in [-0.1, -0.05) is 17.3 Å². The molecule has 5 nitrogen and oxygen atoms in total. The van der Waals surface area contributed by atoms with Crippen molar-refractivity contribution in [3.8, 4) is 0 Å². The highest BCUT2D eigenvalue weighted by molar-refractivity contribution is 5.74. The third-order valence-corrected chi connectivity index (χ3v) is 2.97. The minimum atomic E-state index is 0.744. The van der Waals surface area contributed by atoms with Crippen molar-refractivity contribution in [1.82, 2.24) is 20.0 Å². The number of imidazole rings is 1. The minimum Gasteiger partial charge on any atom is -0.361 e. The lowest BCUT2D eigenvalue weighted by molar-refractivity contribution is 0.296. The van der Waals surface area contributed by atoms with Crippen LogP contribution in [0, 0.1) is 6.92 Å². The Morgan fingerprint density at radius 1 is 1.26 bits per heavy atom. The third kappa shape index (κ3) is 2.66. The van der Waals surface area contributed by atoms with Crippen LogP contribution in [0.5, 0.6) is 0 Å². The molecule has 0 saturated heterocycles. The van der Waals surface area contributed by atoms with Crippen LogP contribution in [0.15, 0.2) is 34.9 Å². The fourth-order valence-corrected chi connectivity index (χ4v) is 2.16. The summed E-state index contributed by atoms with van der Waals surface area (Å²) in [4.78, 5) is 10.0. The van der Waals surface area contributed by atoms with E-state index in [0.29, 0.717) is 0 Å². The van der Waals surface area contributed by atoms with Crippen LogP contribution < -0.4 is 0 Å². The molecule has 0 spiro atoms. The topological polar surface area (TPSA) is 58.0 Å². The van der Waals surface area contributed by atoms with Gasteiger partial charge in [-0.3, -0.25) is 4.90 Å². The number of fused-ring (bicyclic) bond motifs is 1. The highest BCUT2D eigenvalue weighted by atomic mass is 16.5. The summed E-state index contributed by atoms with van der Waals surface area (Å²) >= 11 is 0. The van der Waals surface area contributed by atoms with Crippen molar-refractivity contribution in [1.29, 1.82) is 0 Å². The van der Waals surface area contributed by atoms with E-state index >= 15 is 0 Å². The van der Waals surface area contributed by atoms with Gasteiger partial charge in [0.2, 0.25) is 0 Å². The quantitative estimate of drug-likeness (QED) is 0.779. The molecule has 3 rings (SSSR count). The van der Waals surface area contributed by atoms with Gasteiger partial charge >= 0.3 is 0 Å². The van der Waals surface area contributed by atoms with Crippen molar-refractivity contribution in [2.45, 2.75) is 20.0 Å². The van der Waals surface area contributed by atoms with E-state index in [1.165, 1.54) is 0 Å². The van der Waals surface area contributed by atoms with Crippen LogP contribution in [-0.2, 0) is 13.1 Å². The van der Waals surface area contributed by atoms with Crippen LogP contribution in [0.3, 0.4) is 0 Å². The largest absolute Gasteiger partial charge is 0.361 e. The summed E-state index contributed by atoms with van der Waals surface area (Å²) in [6, 6.07) is 10.00. The average Bonchev–Trinajstić information content (AvgIpc) is 2.94. The normalized spacial score (nSPS) is 11.5. The van der Waals surface area contributed by atoms with Gasteiger partial charge in [0.05, 0.1) is 23.3 Å². The van der Waals surface area contributed by atoms with Crippen molar-refractivity contribution in [2.24, 2.45) is 0 Å². The molecule has 2 aromatic heterocycles. The second-order valence-corrected chi connectivity index (χ2v) is 4.80. The number of para-hydroxylation sites is 2. The lowest BCUT2D eigenvalue weighted by atomic mass is 10.3. The maximum atomic E-state index is 5.06. The molecule has 0 atom stereocenters. The maximum absolute atomic E-state index is 5.06. The van der Waals surface area contributed by atoms with Crippen molar-refractivity contribution in [3.63, 3.8) is 0 Å². The minimum absolute atomic E-state index is 0.744. The molecule has 98 valence electrons. The molecule has 0 aliphatic heterocycles. The number of benzene rings is 1. The standard InChI is InChI=1S/C14H16N4O/c1-10-7-11(17-19-10)8-18(2)9-14-15-12-5-3-4-6-13(12)16-14/h3-7H,8-9H2,1-2H3,(H,15,16). The van der Waals surface area contributed by atoms with Crippen molar-refractivity contribution in [2.75, 3.05) is 7.05 Å². The molecule has 1 N–H and O–H groups in total. The predicted octanol–water partition coefficient (Wildman–Crippen LogP) is 2.49. The number of hydrogen-bond acceptors (Lipinski definition) is 4. The highest BCUT2D eigenvalue weighted by Crippen LogP contribution is 2.12. The number of H-pyrrole nitrogens is 1. The van der Waals surface area contributed by atoms with Gasteiger partial charge in [0.25, 0.3) is 0 Å². The second-order valence-electron chi connectivity index (χ2n) is 4.80. The van der Waals surface area contributed by atoms with Gasteiger partial charge in [0.1, 0.15) is 11.6 Å². The molecule has 3 aromatic rings. The van der Waals surface area contributed by atoms with Gasteiger partial charge in [-0.2, -0.15) is 0 Å². The van der Waals surface area contributed by atoms with Crippen molar-refractivity contribution in [3.05, 3.63) is 47.6 Å². The van der Waals surface area contributed by atoms with E-state index in [0.717, 1.165) is 41.4 Å². The molecular formula is C14H16N4O. The maximum Gasteiger partial charge on any atom is 0.133 e. The number of nitrogens with one attached hydrogen (secondary N) is 1. The van der Waals surface area contributed by atoms with Crippen LogP contribution in [0.4, 0.5) is 0 Å². The van der Waals surface area contributed by atoms with Gasteiger partial charge in [-0.05, 0) is 26.1 Å². The van der Waals surface area contributed by atoms with E-state index in [-0.39, 0.29) is 0 Å². The molecule has 0 fully saturated rings. The van der Waals surface area contributed by atoms with Gasteiger partial charge < -0.3 is 9.51 Å². The van der Waals surface area contributed by atoms with E-state index in [9.17, 15) is 0 Å². The zero-order chi connectivity index (χ0) is 13.2. The molecule has 2 heterocycles. The molecule has 0 amide bonds. The van der Waals surface area contributed by atoms with E-state index < -0.39 is 0 Å². The molecule has 0 unspecified atom stereocenters. The zero-order valence-corrected chi connectivity index (χ0v) is 11.1. The van der Waals surface area contributed by atoms with Crippen LogP contribution in [0.1, 0.15) is 17.3 Å². The summed E-state index contributed by atoms with van der Waals surface area (Å²) in [5, 5.41) is 3.99. The lowest BCUT2D eigenvalue weighted by Crippen LogP contribution is -2.18. The summed E-state index contributed by atoms with van der Waals surface area (Å²) in [5.74, 6) is 1.80. The summed E-state index contributed by atoms with van der Waals surface area (Å²) < 4.78 is 5.06. The third-order valence-electron chi connectivity index (χ3n) is 2.97. The molecule has 0 radical (unpaired) electrons. The number of aromatic amines is 1. The fourth-order valence-electron chi connectivity index (χ4n) is 2.16. The number of nitrogens with zero attached hydrogens (tertiary/aromatic N) is 3. The summed E-state index contributed by atoms with van der Waals surface area (Å²) in [6.07, 6.45) is 0. The highest BCUT2D eigenvalue weighted by Gasteiger charge is 2.08. The Morgan fingerprint density at radius 3 is 2.84 bits per heavy atom. The molecule has 1 aromatic carbocycles. The molecule has 19 heavy (non-hydrogen) atoms. The summed E-state index contributed by atoms with van der Waals surface area (Å²) in [6.45, 7) is 3.39. The molecule has 0 aliphatic rings. The van der Waals surface area contributed by atoms with E-state index in [2.05, 4.69) is 20.0 Å². The molecule has 0 saturated carbocycles. The smallest absolute Gasteiger partial charge is 0.133 e. The van der Waals surface area contributed by atoms with Gasteiger partial charge in [-0.25, -0.2) is 4.98 Å². The first kappa shape index (κ1) is 11.9. The first-order valence-electron chi connectivity index (χ1n) is 6.25. The number of rotatable bonds is 4. The lowest BCUT2D eigenvalue weighted by Gasteiger charge is -2.12. The summed E-state index contributed by atoms with van der Waals surface area (Å²) in [5.41, 5.74) is 3.02. The Morgan fingerprint density at radius 2 is 2.11 bits per heavy atom. The SMILES string of the molecule is Cc1cc(CN(C)Cc2nc3ccccc3[nH]2)no1. The van der Waals surface area contributed by atoms with Gasteiger partial charge in [0.15, 0.2) is 0 Å². The Bertz CT molecular complexity index is 652. The second kappa shape index (κ2) is 4.85. The van der Waals surface area contributed by atoms with Gasteiger partial charge in [0, 0.05) is 12.6 Å². The fraction of sp³-hybridized carbons (Fsp3) is 0.286. The Balaban J connectivity index is 1.70. The van der Waals surface area contributed by atoms with Crippen molar-refractivity contribution >= 4 is 11.0 Å². The zero-order valence-electron chi connectivity index (χ0n) is 11.1. The first-order chi connectivity index (χ1) is 9.20. The van der Waals surface area contributed by atoms with Gasteiger partial charge in [-0.15, -0.1) is 0 Å². The van der Waals surface area contributed by atoms with Crippen LogP contribution >= 0.6 is 0 Å². The predicted molar refractivity (Wildman–Crippen MR) is 72.5 cm³/mol. The van der Waals surface area contributed by atoms with E-state index in [1.54, 1.807) is 0 Å². The van der Waals surface area contributed by atoms with E-state index in [4.69, 9.17) is 4.52 Å². The first-order valence-corrected chi connectivity index (χ1v) is 6.25. The monoisotopic (exact) mass is 256 g/mol. The number of hydrogen-bond donors (Lipinski definition) is 1. The van der Waals surface area contributed by atoms with Crippen molar-refractivity contribution < 1.29 is 4.52 Å². The molecule has 0 aliphatic carbocycles. The van der Waals surface area contributed by atoms with E-state index in [1.807, 2.05) is 44.3 Å². The molecular weight excluding hydrogens is 240 g/mol.